The Bertz CT molecular complexity index is 545. The molecule has 1 atom stereocenters. The molecule has 3 rings (SSSR count). The molecule has 86 valence electrons. The topological polar surface area (TPSA) is 34.9 Å². The molecule has 0 saturated heterocycles. The number of hydrogen-bond acceptors (Lipinski definition) is 2. The van der Waals surface area contributed by atoms with Crippen LogP contribution in [-0.4, -0.2) is 15.8 Å². The number of carbonyl (C=O) groups excluding carboxylic acids is 1. The highest BCUT2D eigenvalue weighted by atomic mass is 16.1. The van der Waals surface area contributed by atoms with Gasteiger partial charge in [0, 0.05) is 12.2 Å². The molecule has 0 spiro atoms. The standard InChI is InChI=1S/C14H14N2O/c17-9-13-8-16(10-15-13)14-6-5-11-3-1-2-4-12(11)7-14/h1-4,8-10,14H,5-7H2. The van der Waals surface area contributed by atoms with Gasteiger partial charge in [0.1, 0.15) is 5.69 Å². The zero-order valence-electron chi connectivity index (χ0n) is 9.54. The van der Waals surface area contributed by atoms with E-state index in [9.17, 15) is 4.79 Å². The quantitative estimate of drug-likeness (QED) is 0.737. The van der Waals surface area contributed by atoms with E-state index in [1.807, 2.05) is 6.20 Å². The Hall–Kier alpha value is -1.90. The number of nitrogens with zero attached hydrogens (tertiary/aromatic N) is 2. The summed E-state index contributed by atoms with van der Waals surface area (Å²) in [6, 6.07) is 9.02. The van der Waals surface area contributed by atoms with Gasteiger partial charge in [-0.3, -0.25) is 4.79 Å². The van der Waals surface area contributed by atoms with Gasteiger partial charge in [-0.2, -0.15) is 0 Å². The number of imidazole rings is 1. The molecule has 1 heterocycles. The maximum Gasteiger partial charge on any atom is 0.169 e. The van der Waals surface area contributed by atoms with E-state index in [-0.39, 0.29) is 0 Å². The number of hydrogen-bond donors (Lipinski definition) is 0. The summed E-state index contributed by atoms with van der Waals surface area (Å²) in [7, 11) is 0. The average Bonchev–Trinajstić information content (AvgIpc) is 2.87. The number of aldehydes is 1. The molecule has 0 amide bonds. The molecule has 0 aliphatic heterocycles. The number of benzene rings is 1. The van der Waals surface area contributed by atoms with Crippen molar-refractivity contribution < 1.29 is 4.79 Å². The van der Waals surface area contributed by atoms with Crippen molar-refractivity contribution in [1.82, 2.24) is 9.55 Å². The minimum Gasteiger partial charge on any atom is -0.333 e. The minimum absolute atomic E-state index is 0.436. The van der Waals surface area contributed by atoms with E-state index in [4.69, 9.17) is 0 Å². The smallest absolute Gasteiger partial charge is 0.169 e. The Kier molecular flexibility index (Phi) is 2.52. The third kappa shape index (κ3) is 1.88. The lowest BCUT2D eigenvalue weighted by molar-refractivity contribution is 0.111. The first-order valence-electron chi connectivity index (χ1n) is 5.92. The van der Waals surface area contributed by atoms with E-state index in [0.717, 1.165) is 25.5 Å². The van der Waals surface area contributed by atoms with E-state index in [0.29, 0.717) is 11.7 Å². The maximum absolute atomic E-state index is 10.6. The van der Waals surface area contributed by atoms with Crippen molar-refractivity contribution in [3.8, 4) is 0 Å². The molecule has 0 saturated carbocycles. The van der Waals surface area contributed by atoms with Gasteiger partial charge in [-0.1, -0.05) is 24.3 Å². The van der Waals surface area contributed by atoms with Gasteiger partial charge in [-0.15, -0.1) is 0 Å². The monoisotopic (exact) mass is 226 g/mol. The number of rotatable bonds is 2. The summed E-state index contributed by atoms with van der Waals surface area (Å²) in [5, 5.41) is 0. The first-order chi connectivity index (χ1) is 8.36. The fraction of sp³-hybridized carbons (Fsp3) is 0.286. The van der Waals surface area contributed by atoms with Crippen LogP contribution in [0.25, 0.3) is 0 Å². The highest BCUT2D eigenvalue weighted by Crippen LogP contribution is 2.28. The van der Waals surface area contributed by atoms with Crippen molar-refractivity contribution >= 4 is 6.29 Å². The first kappa shape index (κ1) is 10.3. The summed E-state index contributed by atoms with van der Waals surface area (Å²) in [5.74, 6) is 0. The van der Waals surface area contributed by atoms with Crippen LogP contribution in [0, 0.1) is 0 Å². The van der Waals surface area contributed by atoms with Crippen LogP contribution < -0.4 is 0 Å². The van der Waals surface area contributed by atoms with Crippen LogP contribution in [0.4, 0.5) is 0 Å². The number of aromatic nitrogens is 2. The Morgan fingerprint density at radius 1 is 1.29 bits per heavy atom. The summed E-state index contributed by atoms with van der Waals surface area (Å²) in [4.78, 5) is 14.7. The fourth-order valence-corrected chi connectivity index (χ4v) is 2.55. The third-order valence-electron chi connectivity index (χ3n) is 3.48. The van der Waals surface area contributed by atoms with Crippen molar-refractivity contribution in [3.05, 3.63) is 53.6 Å². The zero-order valence-corrected chi connectivity index (χ0v) is 9.54. The van der Waals surface area contributed by atoms with Gasteiger partial charge < -0.3 is 4.57 Å². The predicted molar refractivity (Wildman–Crippen MR) is 65.1 cm³/mol. The van der Waals surface area contributed by atoms with E-state index in [1.165, 1.54) is 11.1 Å². The fourth-order valence-electron chi connectivity index (χ4n) is 2.55. The van der Waals surface area contributed by atoms with Crippen LogP contribution >= 0.6 is 0 Å². The molecule has 3 nitrogen and oxygen atoms in total. The van der Waals surface area contributed by atoms with Crippen LogP contribution in [0.15, 0.2) is 36.8 Å². The van der Waals surface area contributed by atoms with Crippen molar-refractivity contribution in [2.45, 2.75) is 25.3 Å². The molecule has 0 bridgehead atoms. The molecule has 1 aromatic carbocycles. The average molecular weight is 226 g/mol. The van der Waals surface area contributed by atoms with E-state index in [1.54, 1.807) is 6.33 Å². The van der Waals surface area contributed by atoms with Crippen LogP contribution in [0.2, 0.25) is 0 Å². The zero-order chi connectivity index (χ0) is 11.7. The van der Waals surface area contributed by atoms with E-state index in [2.05, 4.69) is 33.8 Å². The lowest BCUT2D eigenvalue weighted by Crippen LogP contribution is -2.17. The van der Waals surface area contributed by atoms with Crippen LogP contribution in [0.3, 0.4) is 0 Å². The number of fused-ring (bicyclic) bond motifs is 1. The Morgan fingerprint density at radius 3 is 2.88 bits per heavy atom. The summed E-state index contributed by atoms with van der Waals surface area (Å²) in [5.41, 5.74) is 3.40. The van der Waals surface area contributed by atoms with Gasteiger partial charge in [0.15, 0.2) is 6.29 Å². The molecule has 2 aromatic rings. The molecular weight excluding hydrogens is 212 g/mol. The maximum atomic E-state index is 10.6. The Labute approximate surface area is 100 Å². The summed E-state index contributed by atoms with van der Waals surface area (Å²) in [6.07, 6.45) is 7.66. The largest absolute Gasteiger partial charge is 0.333 e. The van der Waals surface area contributed by atoms with Gasteiger partial charge >= 0.3 is 0 Å². The van der Waals surface area contributed by atoms with E-state index < -0.39 is 0 Å². The molecule has 1 unspecified atom stereocenters. The highest BCUT2D eigenvalue weighted by molar-refractivity contribution is 5.70. The van der Waals surface area contributed by atoms with Gasteiger partial charge in [-0.05, 0) is 30.4 Å². The molecule has 3 heteroatoms. The Morgan fingerprint density at radius 2 is 2.12 bits per heavy atom. The first-order valence-corrected chi connectivity index (χ1v) is 5.92. The molecule has 1 aromatic heterocycles. The predicted octanol–water partition coefficient (Wildman–Crippen LogP) is 2.43. The number of aryl methyl sites for hydroxylation is 1. The second-order valence-electron chi connectivity index (χ2n) is 4.53. The molecule has 1 aliphatic carbocycles. The minimum atomic E-state index is 0.436. The van der Waals surface area contributed by atoms with Crippen molar-refractivity contribution in [3.63, 3.8) is 0 Å². The number of carbonyl (C=O) groups is 1. The van der Waals surface area contributed by atoms with Gasteiger partial charge in [-0.25, -0.2) is 4.98 Å². The molecule has 0 fully saturated rings. The lowest BCUT2D eigenvalue weighted by atomic mass is 9.88. The van der Waals surface area contributed by atoms with Crippen LogP contribution in [0.1, 0.15) is 34.1 Å². The summed E-state index contributed by atoms with van der Waals surface area (Å²) < 4.78 is 2.07. The third-order valence-corrected chi connectivity index (χ3v) is 3.48. The second kappa shape index (κ2) is 4.17. The molecule has 1 aliphatic rings. The molecular formula is C14H14N2O. The van der Waals surface area contributed by atoms with E-state index >= 15 is 0 Å². The normalized spacial score (nSPS) is 18.7. The molecule has 0 N–H and O–H groups in total. The van der Waals surface area contributed by atoms with Crippen LogP contribution in [0.5, 0.6) is 0 Å². The van der Waals surface area contributed by atoms with Gasteiger partial charge in [0.25, 0.3) is 0 Å². The van der Waals surface area contributed by atoms with Crippen molar-refractivity contribution in [2.24, 2.45) is 0 Å². The van der Waals surface area contributed by atoms with Gasteiger partial charge in [0.05, 0.1) is 6.33 Å². The molecule has 0 radical (unpaired) electrons. The summed E-state index contributed by atoms with van der Waals surface area (Å²) >= 11 is 0. The Balaban J connectivity index is 1.86. The van der Waals surface area contributed by atoms with Gasteiger partial charge in [0.2, 0.25) is 0 Å². The lowest BCUT2D eigenvalue weighted by Gasteiger charge is -2.25. The second-order valence-corrected chi connectivity index (χ2v) is 4.53. The van der Waals surface area contributed by atoms with Crippen molar-refractivity contribution in [1.29, 1.82) is 0 Å². The SMILES string of the molecule is O=Cc1cn(C2CCc3ccccc3C2)cn1. The van der Waals surface area contributed by atoms with Crippen LogP contribution in [-0.2, 0) is 12.8 Å². The highest BCUT2D eigenvalue weighted by Gasteiger charge is 2.19. The van der Waals surface area contributed by atoms with Crippen molar-refractivity contribution in [2.75, 3.05) is 0 Å². The molecule has 17 heavy (non-hydrogen) atoms. The summed E-state index contributed by atoms with van der Waals surface area (Å²) in [6.45, 7) is 0.